The maximum Gasteiger partial charge on any atom is 0.273 e. The van der Waals surface area contributed by atoms with Crippen LogP contribution in [0.25, 0.3) is 10.6 Å². The van der Waals surface area contributed by atoms with Gasteiger partial charge in [-0.25, -0.2) is 4.98 Å². The van der Waals surface area contributed by atoms with Crippen molar-refractivity contribution in [2.75, 3.05) is 6.54 Å². The molecule has 3 heterocycles. The minimum atomic E-state index is -0.226. The molecule has 0 aliphatic heterocycles. The average molecular weight is 381 g/mol. The molecule has 0 atom stereocenters. The summed E-state index contributed by atoms with van der Waals surface area (Å²) in [4.78, 5) is 16.9. The minimum absolute atomic E-state index is 0.226. The summed E-state index contributed by atoms with van der Waals surface area (Å²) in [7, 11) is 0. The van der Waals surface area contributed by atoms with Crippen LogP contribution in [0.15, 0.2) is 45.2 Å². The average Bonchev–Trinajstić information content (AvgIpc) is 3.24. The van der Waals surface area contributed by atoms with Gasteiger partial charge in [0.2, 0.25) is 0 Å². The second kappa shape index (κ2) is 6.89. The minimum Gasteiger partial charge on any atom is -0.355 e. The molecule has 0 unspecified atom stereocenters. The van der Waals surface area contributed by atoms with Crippen molar-refractivity contribution in [1.29, 1.82) is 0 Å². The lowest BCUT2D eigenvalue weighted by molar-refractivity contribution is 0.0944. The maximum absolute atomic E-state index is 12.0. The first-order valence-corrected chi connectivity index (χ1v) is 8.30. The van der Waals surface area contributed by atoms with Crippen molar-refractivity contribution in [3.63, 3.8) is 0 Å². The van der Waals surface area contributed by atoms with Gasteiger partial charge in [-0.05, 0) is 34.5 Å². The molecule has 3 aromatic heterocycles. The molecule has 0 fully saturated rings. The molecule has 0 saturated heterocycles. The van der Waals surface area contributed by atoms with E-state index in [4.69, 9.17) is 4.52 Å². The fourth-order valence-corrected chi connectivity index (χ4v) is 3.25. The van der Waals surface area contributed by atoms with E-state index in [-0.39, 0.29) is 5.91 Å². The van der Waals surface area contributed by atoms with E-state index in [1.165, 1.54) is 11.3 Å². The molecule has 22 heavy (non-hydrogen) atoms. The molecule has 8 heteroatoms. The summed E-state index contributed by atoms with van der Waals surface area (Å²) in [5.74, 6) is 0.371. The number of thiophene rings is 1. The highest BCUT2D eigenvalue weighted by atomic mass is 79.9. The van der Waals surface area contributed by atoms with Gasteiger partial charge in [0.25, 0.3) is 5.91 Å². The molecule has 3 rings (SSSR count). The number of amides is 1. The predicted octanol–water partition coefficient (Wildman–Crippen LogP) is 3.18. The van der Waals surface area contributed by atoms with Gasteiger partial charge in [-0.15, -0.1) is 11.3 Å². The molecule has 1 N–H and O–H groups in total. The molecule has 0 aliphatic carbocycles. The second-order valence-electron chi connectivity index (χ2n) is 4.59. The molecule has 0 bridgehead atoms. The second-order valence-corrected chi connectivity index (χ2v) is 7.05. The lowest BCUT2D eigenvalue weighted by Gasteiger charge is -2.03. The van der Waals surface area contributed by atoms with Crippen molar-refractivity contribution in [3.05, 3.63) is 46.4 Å². The van der Waals surface area contributed by atoms with Crippen LogP contribution in [0.4, 0.5) is 0 Å². The van der Waals surface area contributed by atoms with Crippen LogP contribution in [0.2, 0.25) is 0 Å². The number of nitrogens with one attached hydrogen (secondary N) is 1. The van der Waals surface area contributed by atoms with Gasteiger partial charge in [0.1, 0.15) is 0 Å². The van der Waals surface area contributed by atoms with Gasteiger partial charge in [0, 0.05) is 31.5 Å². The Kier molecular flexibility index (Phi) is 4.69. The highest BCUT2D eigenvalue weighted by molar-refractivity contribution is 9.11. The molecule has 1 amide bonds. The Bertz CT molecular complexity index is 751. The van der Waals surface area contributed by atoms with Crippen LogP contribution in [0.5, 0.6) is 0 Å². The number of aromatic nitrogens is 3. The number of carbonyl (C=O) groups excluding carboxylic acids is 1. The van der Waals surface area contributed by atoms with Crippen molar-refractivity contribution in [2.24, 2.45) is 0 Å². The van der Waals surface area contributed by atoms with E-state index in [0.717, 1.165) is 21.6 Å². The van der Waals surface area contributed by atoms with E-state index < -0.39 is 0 Å². The summed E-state index contributed by atoms with van der Waals surface area (Å²) in [6.45, 7) is 1.39. The van der Waals surface area contributed by atoms with Crippen molar-refractivity contribution in [3.8, 4) is 10.6 Å². The monoisotopic (exact) mass is 380 g/mol. The van der Waals surface area contributed by atoms with Crippen molar-refractivity contribution in [1.82, 2.24) is 20.0 Å². The normalized spacial score (nSPS) is 10.8. The van der Waals surface area contributed by atoms with E-state index in [1.807, 2.05) is 22.9 Å². The van der Waals surface area contributed by atoms with E-state index in [0.29, 0.717) is 18.0 Å². The highest BCUT2D eigenvalue weighted by Gasteiger charge is 2.14. The SMILES string of the molecule is O=C(NCCCn1ccnc1)c1cc(-c2ccc(Br)s2)on1. The molecule has 0 spiro atoms. The van der Waals surface area contributed by atoms with E-state index in [2.05, 4.69) is 31.4 Å². The lowest BCUT2D eigenvalue weighted by atomic mass is 10.3. The van der Waals surface area contributed by atoms with E-state index in [1.54, 1.807) is 18.6 Å². The summed E-state index contributed by atoms with van der Waals surface area (Å²) in [6, 6.07) is 5.50. The molecule has 0 radical (unpaired) electrons. The Morgan fingerprint density at radius 3 is 3.09 bits per heavy atom. The van der Waals surface area contributed by atoms with Crippen LogP contribution in [0.1, 0.15) is 16.9 Å². The molecule has 6 nitrogen and oxygen atoms in total. The Balaban J connectivity index is 1.51. The third-order valence-electron chi connectivity index (χ3n) is 3.00. The topological polar surface area (TPSA) is 73.0 Å². The smallest absolute Gasteiger partial charge is 0.273 e. The third kappa shape index (κ3) is 3.63. The number of carbonyl (C=O) groups is 1. The van der Waals surface area contributed by atoms with Gasteiger partial charge >= 0.3 is 0 Å². The summed E-state index contributed by atoms with van der Waals surface area (Å²) >= 11 is 4.92. The molecule has 0 aliphatic rings. The van der Waals surface area contributed by atoms with Crippen LogP contribution in [-0.4, -0.2) is 27.2 Å². The first kappa shape index (κ1) is 15.0. The van der Waals surface area contributed by atoms with Gasteiger partial charge in [-0.3, -0.25) is 4.79 Å². The summed E-state index contributed by atoms with van der Waals surface area (Å²) in [5, 5.41) is 6.65. The molecule has 0 aromatic carbocycles. The Morgan fingerprint density at radius 1 is 1.45 bits per heavy atom. The Hall–Kier alpha value is -1.93. The predicted molar refractivity (Wildman–Crippen MR) is 86.7 cm³/mol. The Morgan fingerprint density at radius 2 is 2.36 bits per heavy atom. The fraction of sp³-hybridized carbons (Fsp3) is 0.214. The first-order chi connectivity index (χ1) is 10.7. The molecule has 0 saturated carbocycles. The summed E-state index contributed by atoms with van der Waals surface area (Å²) < 4.78 is 8.19. The van der Waals surface area contributed by atoms with Crippen LogP contribution < -0.4 is 5.32 Å². The molecular weight excluding hydrogens is 368 g/mol. The number of hydrogen-bond acceptors (Lipinski definition) is 5. The number of rotatable bonds is 6. The van der Waals surface area contributed by atoms with E-state index >= 15 is 0 Å². The van der Waals surface area contributed by atoms with Gasteiger partial charge in [-0.2, -0.15) is 0 Å². The van der Waals surface area contributed by atoms with Gasteiger partial charge in [-0.1, -0.05) is 5.16 Å². The first-order valence-electron chi connectivity index (χ1n) is 6.69. The fourth-order valence-electron chi connectivity index (χ4n) is 1.92. The number of hydrogen-bond donors (Lipinski definition) is 1. The highest BCUT2D eigenvalue weighted by Crippen LogP contribution is 2.31. The van der Waals surface area contributed by atoms with Gasteiger partial charge < -0.3 is 14.4 Å². The number of imidazole rings is 1. The number of halogens is 1. The van der Waals surface area contributed by atoms with Crippen molar-refractivity contribution >= 4 is 33.2 Å². The Labute approximate surface area is 139 Å². The summed E-state index contributed by atoms with van der Waals surface area (Å²) in [5.41, 5.74) is 0.294. The standard InChI is InChI=1S/C14H13BrN4O2S/c15-13-3-2-12(22-13)11-8-10(18-21-11)14(20)17-4-1-6-19-7-5-16-9-19/h2-3,5,7-9H,1,4,6H2,(H,17,20). The van der Waals surface area contributed by atoms with E-state index in [9.17, 15) is 4.79 Å². The van der Waals surface area contributed by atoms with Crippen molar-refractivity contribution in [2.45, 2.75) is 13.0 Å². The quantitative estimate of drug-likeness (QED) is 0.666. The number of nitrogens with zero attached hydrogens (tertiary/aromatic N) is 3. The van der Waals surface area contributed by atoms with Crippen LogP contribution >= 0.6 is 27.3 Å². The molecule has 114 valence electrons. The maximum atomic E-state index is 12.0. The van der Waals surface area contributed by atoms with Crippen molar-refractivity contribution < 1.29 is 9.32 Å². The van der Waals surface area contributed by atoms with Gasteiger partial charge in [0.15, 0.2) is 11.5 Å². The number of aryl methyl sites for hydroxylation is 1. The zero-order chi connectivity index (χ0) is 15.4. The van der Waals surface area contributed by atoms with Crippen LogP contribution in [-0.2, 0) is 6.54 Å². The zero-order valence-corrected chi connectivity index (χ0v) is 13.9. The zero-order valence-electron chi connectivity index (χ0n) is 11.5. The van der Waals surface area contributed by atoms with Gasteiger partial charge in [0.05, 0.1) is 15.0 Å². The summed E-state index contributed by atoms with van der Waals surface area (Å²) in [6.07, 6.45) is 6.21. The largest absolute Gasteiger partial charge is 0.355 e. The van der Waals surface area contributed by atoms with Crippen LogP contribution in [0, 0.1) is 0 Å². The lowest BCUT2D eigenvalue weighted by Crippen LogP contribution is -2.25. The molecule has 3 aromatic rings. The molecular formula is C14H13BrN4O2S. The third-order valence-corrected chi connectivity index (χ3v) is 4.63. The van der Waals surface area contributed by atoms with Crippen LogP contribution in [0.3, 0.4) is 0 Å².